The summed E-state index contributed by atoms with van der Waals surface area (Å²) in [7, 11) is -7.38. The minimum atomic E-state index is -1.88. The molecular weight excluding hydrogens is 1010 g/mol. The van der Waals surface area contributed by atoms with E-state index in [1.807, 2.05) is 0 Å². The van der Waals surface area contributed by atoms with Crippen LogP contribution in [0.1, 0.15) is 67.8 Å². The third-order valence-electron chi connectivity index (χ3n) is 14.3. The first-order valence-corrected chi connectivity index (χ1v) is 24.5. The minimum absolute atomic E-state index is 0.0303. The second-order valence-electron chi connectivity index (χ2n) is 19.1. The number of rotatable bonds is 14. The number of phenols is 7. The first kappa shape index (κ1) is 53.4. The normalized spacial score (nSPS) is 12.6. The van der Waals surface area contributed by atoms with Gasteiger partial charge in [0.25, 0.3) is 0 Å². The Labute approximate surface area is 450 Å². The van der Waals surface area contributed by atoms with Crippen LogP contribution < -0.4 is 27.3 Å². The van der Waals surface area contributed by atoms with Crippen LogP contribution in [-0.2, 0) is 0 Å². The van der Waals surface area contributed by atoms with E-state index in [1.54, 1.807) is 48.5 Å². The number of hydrogen-bond acceptors (Lipinski definition) is 17. The fraction of sp³-hybridized carbons (Fsp3) is 0.0517. The molecule has 0 radical (unpaired) electrons. The molecule has 1 aliphatic carbocycles. The molecule has 0 saturated heterocycles. The summed E-state index contributed by atoms with van der Waals surface area (Å²) in [6.45, 7) is 0. The van der Waals surface area contributed by atoms with Crippen molar-refractivity contribution in [2.75, 3.05) is 0 Å². The van der Waals surface area contributed by atoms with Gasteiger partial charge >= 0.3 is 28.5 Å². The fourth-order valence-electron chi connectivity index (χ4n) is 10.4. The van der Waals surface area contributed by atoms with Gasteiger partial charge in [0.2, 0.25) is 0 Å². The average molecular weight is 1060 g/mol. The summed E-state index contributed by atoms with van der Waals surface area (Å²) in [4.78, 5) is 14.6. The lowest BCUT2D eigenvalue weighted by molar-refractivity contribution is 0.424. The molecule has 3 unspecified atom stereocenters. The second-order valence-corrected chi connectivity index (χ2v) is 19.1. The molecule has 8 aromatic carbocycles. The quantitative estimate of drug-likeness (QED) is 0.0423. The number of phenolic OH excluding ortho intramolecular Hbond substituents is 7. The zero-order valence-electron chi connectivity index (χ0n) is 41.2. The fourth-order valence-corrected chi connectivity index (χ4v) is 10.4. The molecule has 17 nitrogen and oxygen atoms in total. The lowest BCUT2D eigenvalue weighted by Gasteiger charge is -2.26. The Morgan fingerprint density at radius 2 is 0.709 bits per heavy atom. The van der Waals surface area contributed by atoms with Crippen molar-refractivity contribution in [2.45, 2.75) is 17.8 Å². The van der Waals surface area contributed by atoms with E-state index in [9.17, 15) is 80.7 Å². The Bertz CT molecular complexity index is 3930. The Hall–Kier alpha value is -9.01. The van der Waals surface area contributed by atoms with Crippen LogP contribution in [0.2, 0.25) is 0 Å². The van der Waals surface area contributed by atoms with Gasteiger partial charge < -0.3 is 80.4 Å². The van der Waals surface area contributed by atoms with Gasteiger partial charge in [-0.15, -0.1) is 0 Å². The van der Waals surface area contributed by atoms with Gasteiger partial charge in [0.1, 0.15) is 51.6 Å². The smallest absolute Gasteiger partial charge is 0.488 e. The highest BCUT2D eigenvalue weighted by Crippen LogP contribution is 2.50. The van der Waals surface area contributed by atoms with Crippen LogP contribution in [-0.4, -0.2) is 104 Å². The van der Waals surface area contributed by atoms with Gasteiger partial charge in [-0.2, -0.15) is 0 Å². The van der Waals surface area contributed by atoms with Crippen LogP contribution in [0.4, 0.5) is 0 Å². The van der Waals surface area contributed by atoms with E-state index >= 15 is 0 Å². The Morgan fingerprint density at radius 1 is 0.342 bits per heavy atom. The summed E-state index contributed by atoms with van der Waals surface area (Å²) in [6, 6.07) is 40.0. The molecule has 3 atom stereocenters. The van der Waals surface area contributed by atoms with E-state index in [4.69, 9.17) is 4.42 Å². The zero-order chi connectivity index (χ0) is 56.1. The number of benzene rings is 9. The highest BCUT2D eigenvalue weighted by atomic mass is 16.4. The van der Waals surface area contributed by atoms with Gasteiger partial charge in [0.05, 0.1) is 0 Å². The van der Waals surface area contributed by atoms with Crippen molar-refractivity contribution in [1.29, 1.82) is 0 Å². The topological polar surface area (TPSA) is 334 Å². The lowest BCUT2D eigenvalue weighted by Crippen LogP contribution is -2.29. The second kappa shape index (κ2) is 21.4. The molecule has 0 amide bonds. The number of fused-ring (bicyclic) bond motifs is 2. The molecule has 10 rings (SSSR count). The largest absolute Gasteiger partial charge is 0.508 e. The molecule has 0 aromatic heterocycles. The first-order chi connectivity index (χ1) is 37.8. The maximum Gasteiger partial charge on any atom is 0.488 e. The molecule has 0 spiro atoms. The summed E-state index contributed by atoms with van der Waals surface area (Å²) in [5.74, 6) is -5.94. The van der Waals surface area contributed by atoms with Crippen molar-refractivity contribution >= 4 is 61.3 Å². The molecule has 2 aliphatic rings. The first-order valence-electron chi connectivity index (χ1n) is 24.5. The van der Waals surface area contributed by atoms with Crippen LogP contribution >= 0.6 is 0 Å². The molecule has 8 aromatic rings. The van der Waals surface area contributed by atoms with Crippen LogP contribution in [0.3, 0.4) is 0 Å². The van der Waals surface area contributed by atoms with Crippen LogP contribution in [0.25, 0.3) is 33.4 Å². The summed E-state index contributed by atoms with van der Waals surface area (Å²) < 4.78 is 6.49. The van der Waals surface area contributed by atoms with Crippen molar-refractivity contribution < 1.29 is 80.4 Å². The average Bonchev–Trinajstić information content (AvgIpc) is 3.61. The summed E-state index contributed by atoms with van der Waals surface area (Å²) in [5, 5.41) is 160. The van der Waals surface area contributed by atoms with Crippen LogP contribution in [0.5, 0.6) is 40.2 Å². The van der Waals surface area contributed by atoms with E-state index in [0.717, 1.165) is 18.2 Å². The third kappa shape index (κ3) is 10.3. The lowest BCUT2D eigenvalue weighted by atomic mass is 9.75. The van der Waals surface area contributed by atoms with E-state index in [0.29, 0.717) is 33.4 Å². The molecular formula is C58H46B4O17. The Balaban J connectivity index is 1.26. The van der Waals surface area contributed by atoms with Crippen molar-refractivity contribution in [3.05, 3.63) is 230 Å². The maximum atomic E-state index is 14.6. The molecule has 0 bridgehead atoms. The number of aromatic hydroxyl groups is 7. The molecule has 15 N–H and O–H groups in total. The minimum Gasteiger partial charge on any atom is -0.508 e. The van der Waals surface area contributed by atoms with Crippen molar-refractivity contribution in [3.8, 4) is 62.7 Å². The van der Waals surface area contributed by atoms with Crippen molar-refractivity contribution in [2.24, 2.45) is 0 Å². The number of hydrogen-bond donors (Lipinski definition) is 15. The monoisotopic (exact) mass is 1060 g/mol. The van der Waals surface area contributed by atoms with Crippen molar-refractivity contribution in [3.63, 3.8) is 0 Å². The highest BCUT2D eigenvalue weighted by molar-refractivity contribution is 6.59. The van der Waals surface area contributed by atoms with E-state index in [1.165, 1.54) is 103 Å². The van der Waals surface area contributed by atoms with Gasteiger partial charge in [0.15, 0.2) is 5.43 Å². The maximum absolute atomic E-state index is 14.6. The van der Waals surface area contributed by atoms with Gasteiger partial charge in [0, 0.05) is 98.0 Å². The summed E-state index contributed by atoms with van der Waals surface area (Å²) in [5.41, 5.74) is 2.97. The van der Waals surface area contributed by atoms with Gasteiger partial charge in [-0.25, -0.2) is 0 Å². The molecule has 1 aliphatic heterocycles. The van der Waals surface area contributed by atoms with E-state index < -0.39 is 68.9 Å². The Kier molecular flexibility index (Phi) is 14.5. The highest BCUT2D eigenvalue weighted by Gasteiger charge is 2.33. The van der Waals surface area contributed by atoms with Crippen LogP contribution in [0, 0.1) is 0 Å². The van der Waals surface area contributed by atoms with E-state index in [2.05, 4.69) is 0 Å². The molecule has 1 heterocycles. The predicted octanol–water partition coefficient (Wildman–Crippen LogP) is 2.76. The summed E-state index contributed by atoms with van der Waals surface area (Å²) >= 11 is 0. The Morgan fingerprint density at radius 3 is 1.13 bits per heavy atom. The molecule has 79 heavy (non-hydrogen) atoms. The molecule has 21 heteroatoms. The molecule has 392 valence electrons. The zero-order valence-corrected chi connectivity index (χ0v) is 41.2. The van der Waals surface area contributed by atoms with Crippen molar-refractivity contribution in [1.82, 2.24) is 0 Å². The van der Waals surface area contributed by atoms with E-state index in [-0.39, 0.29) is 95.0 Å². The SMILES string of the molecule is O=c1cc2oc3cc(O)c(C(c4ccc(B(O)O)cc4)c4cc(C(c5ccc(B(O)O)cc5)c5ccc(O)cc5O)c(O)cc4O)cc3c(-c3ccc(B(O)O)cc3)c-2cc1C(c1ccc(B(O)O)cc1)c1ccc(O)cc1O. The third-order valence-corrected chi connectivity index (χ3v) is 14.3. The summed E-state index contributed by atoms with van der Waals surface area (Å²) in [6.07, 6.45) is 0. The van der Waals surface area contributed by atoms with Gasteiger partial charge in [-0.3, -0.25) is 4.79 Å². The molecule has 0 saturated carbocycles. The predicted molar refractivity (Wildman–Crippen MR) is 297 cm³/mol. The van der Waals surface area contributed by atoms with Gasteiger partial charge in [-0.05, 0) is 74.4 Å². The molecule has 0 fully saturated rings. The standard InChI is InChI=1S/C58H46B4O17/c63-37-17-19-39(47(65)21-37)55(29-1-9-33(10-2-29)59(71)72)41-23-42(50(68)26-49(41)67)57(31-5-13-35(14-6-31)61(75)76)44-25-46-54(28-52(44)70)79-53-27-51(69)43(24-45(53)58(46)32-7-15-36(16-8-32)62(77)78)56(40-20-18-38(64)22-48(40)66)30-3-11-34(12-4-30)60(73)74/h1-28,55-57,63-68,70-78H. The van der Waals surface area contributed by atoms with Crippen LogP contribution in [0.15, 0.2) is 179 Å². The van der Waals surface area contributed by atoms with Gasteiger partial charge in [-0.1, -0.05) is 109 Å².